The summed E-state index contributed by atoms with van der Waals surface area (Å²) in [6, 6.07) is 21.8. The maximum atomic E-state index is 12.9. The lowest BCUT2D eigenvalue weighted by molar-refractivity contribution is 0.482. The average Bonchev–Trinajstić information content (AvgIpc) is 2.68. The summed E-state index contributed by atoms with van der Waals surface area (Å²) in [6.45, 7) is 0.308. The van der Waals surface area contributed by atoms with E-state index in [-0.39, 0.29) is 10.7 Å². The maximum absolute atomic E-state index is 12.9. The van der Waals surface area contributed by atoms with Crippen molar-refractivity contribution in [1.82, 2.24) is 4.72 Å². The van der Waals surface area contributed by atoms with Gasteiger partial charge in [-0.2, -0.15) is 0 Å². The molecule has 0 atom stereocenters. The van der Waals surface area contributed by atoms with Crippen LogP contribution in [0.25, 0.3) is 0 Å². The van der Waals surface area contributed by atoms with Crippen LogP contribution in [0, 0.1) is 5.82 Å². The molecule has 0 aliphatic heterocycles. The van der Waals surface area contributed by atoms with Crippen molar-refractivity contribution in [2.24, 2.45) is 0 Å². The third kappa shape index (κ3) is 5.64. The van der Waals surface area contributed by atoms with Gasteiger partial charge in [0.15, 0.2) is 0 Å². The first-order chi connectivity index (χ1) is 13.0. The van der Waals surface area contributed by atoms with Crippen LogP contribution in [0.3, 0.4) is 0 Å². The first-order valence-electron chi connectivity index (χ1n) is 8.60. The molecule has 0 heterocycles. The summed E-state index contributed by atoms with van der Waals surface area (Å²) in [5.74, 6) is 0.975. The molecule has 0 bridgehead atoms. The molecule has 140 valence electrons. The Hall–Kier alpha value is -2.70. The van der Waals surface area contributed by atoms with E-state index in [0.29, 0.717) is 30.9 Å². The van der Waals surface area contributed by atoms with Crippen LogP contribution in [0.1, 0.15) is 12.0 Å². The summed E-state index contributed by atoms with van der Waals surface area (Å²) >= 11 is 0. The fourth-order valence-corrected chi connectivity index (χ4v) is 3.62. The van der Waals surface area contributed by atoms with Gasteiger partial charge < -0.3 is 4.74 Å². The van der Waals surface area contributed by atoms with Crippen LogP contribution < -0.4 is 9.46 Å². The van der Waals surface area contributed by atoms with Crippen molar-refractivity contribution < 1.29 is 17.5 Å². The topological polar surface area (TPSA) is 55.4 Å². The number of hydrogen-bond acceptors (Lipinski definition) is 3. The molecule has 0 saturated carbocycles. The van der Waals surface area contributed by atoms with Crippen LogP contribution in [0.15, 0.2) is 83.8 Å². The summed E-state index contributed by atoms with van der Waals surface area (Å²) in [6.07, 6.45) is 1.30. The predicted molar refractivity (Wildman–Crippen MR) is 103 cm³/mol. The van der Waals surface area contributed by atoms with Crippen LogP contribution in [-0.4, -0.2) is 15.0 Å². The largest absolute Gasteiger partial charge is 0.457 e. The van der Waals surface area contributed by atoms with Crippen molar-refractivity contribution >= 4 is 10.0 Å². The Bertz CT molecular complexity index is 957. The molecule has 3 aromatic carbocycles. The van der Waals surface area contributed by atoms with E-state index in [4.69, 9.17) is 4.74 Å². The summed E-state index contributed by atoms with van der Waals surface area (Å²) < 4.78 is 45.8. The molecule has 0 spiro atoms. The van der Waals surface area contributed by atoms with Crippen molar-refractivity contribution in [1.29, 1.82) is 0 Å². The molecule has 3 rings (SSSR count). The molecule has 0 radical (unpaired) electrons. The van der Waals surface area contributed by atoms with Crippen LogP contribution in [-0.2, 0) is 16.4 Å². The van der Waals surface area contributed by atoms with Gasteiger partial charge >= 0.3 is 0 Å². The summed E-state index contributed by atoms with van der Waals surface area (Å²) in [5.41, 5.74) is 0.970. The molecule has 0 aliphatic rings. The summed E-state index contributed by atoms with van der Waals surface area (Å²) in [4.78, 5) is 0.185. The van der Waals surface area contributed by atoms with Gasteiger partial charge in [0.2, 0.25) is 10.0 Å². The Labute approximate surface area is 158 Å². The van der Waals surface area contributed by atoms with Gasteiger partial charge in [0.25, 0.3) is 0 Å². The van der Waals surface area contributed by atoms with E-state index in [0.717, 1.165) is 5.56 Å². The Morgan fingerprint density at radius 3 is 2.11 bits per heavy atom. The molecule has 1 N–H and O–H groups in total. The molecular weight excluding hydrogens is 365 g/mol. The molecule has 27 heavy (non-hydrogen) atoms. The van der Waals surface area contributed by atoms with E-state index >= 15 is 0 Å². The number of hydrogen-bond donors (Lipinski definition) is 1. The molecule has 6 heteroatoms. The highest BCUT2D eigenvalue weighted by atomic mass is 32.2. The van der Waals surface area contributed by atoms with E-state index in [1.54, 1.807) is 24.3 Å². The van der Waals surface area contributed by atoms with E-state index < -0.39 is 10.0 Å². The number of benzene rings is 3. The van der Waals surface area contributed by atoms with Crippen molar-refractivity contribution in [2.75, 3.05) is 6.54 Å². The Morgan fingerprint density at radius 1 is 0.815 bits per heavy atom. The second-order valence-corrected chi connectivity index (χ2v) is 7.78. The van der Waals surface area contributed by atoms with Gasteiger partial charge in [-0.1, -0.05) is 30.3 Å². The maximum Gasteiger partial charge on any atom is 0.240 e. The first kappa shape index (κ1) is 19.1. The molecule has 0 amide bonds. The van der Waals surface area contributed by atoms with Crippen molar-refractivity contribution in [3.8, 4) is 11.5 Å². The number of para-hydroxylation sites is 1. The zero-order valence-corrected chi connectivity index (χ0v) is 15.5. The molecule has 4 nitrogen and oxygen atoms in total. The highest BCUT2D eigenvalue weighted by molar-refractivity contribution is 7.89. The number of aryl methyl sites for hydroxylation is 1. The Morgan fingerprint density at radius 2 is 1.44 bits per heavy atom. The lowest BCUT2D eigenvalue weighted by Crippen LogP contribution is -2.25. The van der Waals surface area contributed by atoms with Gasteiger partial charge in [-0.05, 0) is 66.9 Å². The van der Waals surface area contributed by atoms with Crippen LogP contribution >= 0.6 is 0 Å². The van der Waals surface area contributed by atoms with E-state index in [2.05, 4.69) is 4.72 Å². The van der Waals surface area contributed by atoms with Gasteiger partial charge in [-0.15, -0.1) is 0 Å². The molecule has 0 aliphatic carbocycles. The zero-order chi connectivity index (χ0) is 19.1. The second-order valence-electron chi connectivity index (χ2n) is 6.01. The lowest BCUT2D eigenvalue weighted by Gasteiger charge is -2.09. The fourth-order valence-electron chi connectivity index (χ4n) is 2.54. The number of nitrogens with one attached hydrogen (secondary N) is 1. The van der Waals surface area contributed by atoms with Crippen LogP contribution in [0.2, 0.25) is 0 Å². The van der Waals surface area contributed by atoms with Gasteiger partial charge in [0.1, 0.15) is 17.3 Å². The van der Waals surface area contributed by atoms with Gasteiger partial charge in [-0.25, -0.2) is 17.5 Å². The molecule has 3 aromatic rings. The minimum absolute atomic E-state index is 0.185. The number of ether oxygens (including phenoxy) is 1. The summed E-state index contributed by atoms with van der Waals surface area (Å²) in [5, 5.41) is 0. The number of halogens is 1. The third-order valence-corrected chi connectivity index (χ3v) is 5.44. The fraction of sp³-hybridized carbons (Fsp3) is 0.143. The van der Waals surface area contributed by atoms with E-state index in [1.807, 2.05) is 30.3 Å². The molecular formula is C21H20FNO3S. The average molecular weight is 385 g/mol. The Kier molecular flexibility index (Phi) is 6.21. The lowest BCUT2D eigenvalue weighted by atomic mass is 10.1. The van der Waals surface area contributed by atoms with E-state index in [9.17, 15) is 12.8 Å². The number of sulfonamides is 1. The monoisotopic (exact) mass is 385 g/mol. The number of rotatable bonds is 8. The quantitative estimate of drug-likeness (QED) is 0.580. The third-order valence-electron chi connectivity index (χ3n) is 3.96. The van der Waals surface area contributed by atoms with Crippen molar-refractivity contribution in [3.05, 3.63) is 90.2 Å². The minimum atomic E-state index is -3.58. The van der Waals surface area contributed by atoms with Gasteiger partial charge in [0.05, 0.1) is 4.90 Å². The van der Waals surface area contributed by atoms with Gasteiger partial charge in [0, 0.05) is 6.54 Å². The molecule has 0 fully saturated rings. The molecule has 0 saturated heterocycles. The Balaban J connectivity index is 1.52. The highest BCUT2D eigenvalue weighted by Gasteiger charge is 2.13. The second kappa shape index (κ2) is 8.79. The van der Waals surface area contributed by atoms with Crippen molar-refractivity contribution in [2.45, 2.75) is 17.7 Å². The molecule has 0 aromatic heterocycles. The molecule has 0 unspecified atom stereocenters. The highest BCUT2D eigenvalue weighted by Crippen LogP contribution is 2.22. The van der Waals surface area contributed by atoms with Gasteiger partial charge in [-0.3, -0.25) is 0 Å². The minimum Gasteiger partial charge on any atom is -0.457 e. The zero-order valence-electron chi connectivity index (χ0n) is 14.6. The van der Waals surface area contributed by atoms with Crippen LogP contribution in [0.5, 0.6) is 11.5 Å². The summed E-state index contributed by atoms with van der Waals surface area (Å²) in [7, 11) is -3.58. The normalized spacial score (nSPS) is 11.3. The SMILES string of the molecule is O=S(=O)(NCCCc1ccc(F)cc1)c1ccc(Oc2ccccc2)cc1. The van der Waals surface area contributed by atoms with E-state index in [1.165, 1.54) is 24.3 Å². The van der Waals surface area contributed by atoms with Crippen LogP contribution in [0.4, 0.5) is 4.39 Å². The van der Waals surface area contributed by atoms with Crippen molar-refractivity contribution in [3.63, 3.8) is 0 Å². The smallest absolute Gasteiger partial charge is 0.240 e. The standard InChI is InChI=1S/C21H20FNO3S/c22-18-10-8-17(9-11-18)5-4-16-23-27(24,25)21-14-12-20(13-15-21)26-19-6-2-1-3-7-19/h1-3,6-15,23H,4-5,16H2. The first-order valence-corrected chi connectivity index (χ1v) is 10.1. The predicted octanol–water partition coefficient (Wildman–Crippen LogP) is 4.53.